The van der Waals surface area contributed by atoms with Crippen LogP contribution < -0.4 is 5.11 Å². The molecule has 0 heterocycles. The van der Waals surface area contributed by atoms with Gasteiger partial charge in [0.15, 0.2) is 0 Å². The number of hydrogen-bond donors (Lipinski definition) is 0. The van der Waals surface area contributed by atoms with E-state index in [1.807, 2.05) is 6.08 Å². The molecule has 0 aliphatic carbocycles. The van der Waals surface area contributed by atoms with E-state index in [4.69, 9.17) is 4.74 Å². The van der Waals surface area contributed by atoms with Crippen molar-refractivity contribution in [3.63, 3.8) is 0 Å². The summed E-state index contributed by atoms with van der Waals surface area (Å²) in [6, 6.07) is 10.6. The van der Waals surface area contributed by atoms with E-state index in [1.54, 1.807) is 6.92 Å². The molecule has 34 heavy (non-hydrogen) atoms. The molecular weight excluding hydrogens is 439 g/mol. The van der Waals surface area contributed by atoms with E-state index in [9.17, 15) is 9.90 Å². The molecule has 0 saturated heterocycles. The molecule has 0 amide bonds. The summed E-state index contributed by atoms with van der Waals surface area (Å²) in [5, 5.41) is 14.4. The monoisotopic (exact) mass is 486 g/mol. The molecule has 0 aliphatic heterocycles. The molecule has 4 heteroatoms. The fraction of sp³-hybridized carbons (Fsp3) is 0.600. The zero-order valence-corrected chi connectivity index (χ0v) is 23.0. The van der Waals surface area contributed by atoms with Gasteiger partial charge in [-0.2, -0.15) is 0 Å². The Hall–Kier alpha value is -1.82. The van der Waals surface area contributed by atoms with Gasteiger partial charge < -0.3 is 9.84 Å². The number of carbonyl (C=O) groups is 1. The molecule has 190 valence electrons. The molecule has 1 aromatic rings. The molecule has 0 saturated carbocycles. The minimum Gasteiger partial charge on any atom is -0.870 e. The number of carbonyl (C=O) groups excluding carboxylic acids is 1. The summed E-state index contributed by atoms with van der Waals surface area (Å²) < 4.78 is 4.90. The van der Waals surface area contributed by atoms with E-state index < -0.39 is 7.26 Å². The van der Waals surface area contributed by atoms with Crippen LogP contribution >= 0.6 is 7.26 Å². The first-order valence-electron chi connectivity index (χ1n) is 13.4. The molecule has 0 radical (unpaired) electrons. The molecule has 0 atom stereocenters. The first kappa shape index (κ1) is 30.2. The van der Waals surface area contributed by atoms with Gasteiger partial charge >= 0.3 is 5.97 Å². The quantitative estimate of drug-likeness (QED) is 0.0528. The number of rotatable bonds is 18. The van der Waals surface area contributed by atoms with Crippen molar-refractivity contribution in [2.24, 2.45) is 0 Å². The third-order valence-electron chi connectivity index (χ3n) is 6.16. The van der Waals surface area contributed by atoms with Gasteiger partial charge in [0.05, 0.1) is 32.4 Å². The lowest BCUT2D eigenvalue weighted by molar-refractivity contribution is -0.306. The van der Waals surface area contributed by atoms with Crippen LogP contribution in [0.2, 0.25) is 0 Å². The molecule has 0 N–H and O–H groups in total. The zero-order valence-electron chi connectivity index (χ0n) is 22.1. The summed E-state index contributed by atoms with van der Waals surface area (Å²) in [4.78, 5) is 11.4. The Morgan fingerprint density at radius 3 is 2.03 bits per heavy atom. The summed E-state index contributed by atoms with van der Waals surface area (Å²) in [7, 11) is -1.48. The van der Waals surface area contributed by atoms with Crippen LogP contribution in [0, 0.1) is 0 Å². The van der Waals surface area contributed by atoms with Crippen LogP contribution in [0.15, 0.2) is 54.0 Å². The smallest absolute Gasteiger partial charge is 0.330 e. The van der Waals surface area contributed by atoms with Gasteiger partial charge in [-0.25, -0.2) is 4.79 Å². The number of benzene rings is 1. The molecule has 0 aromatic heterocycles. The molecule has 0 aliphatic rings. The molecule has 0 bridgehead atoms. The molecule has 0 unspecified atom stereocenters. The van der Waals surface area contributed by atoms with Crippen molar-refractivity contribution in [1.29, 1.82) is 0 Å². The Morgan fingerprint density at radius 2 is 1.50 bits per heavy atom. The highest BCUT2D eigenvalue weighted by atomic mass is 31.2. The minimum atomic E-state index is -1.48. The topological polar surface area (TPSA) is 49.4 Å². The Kier molecular flexibility index (Phi) is 16.4. The van der Waals surface area contributed by atoms with Gasteiger partial charge in [-0.1, -0.05) is 87.9 Å². The van der Waals surface area contributed by atoms with E-state index in [0.29, 0.717) is 13.0 Å². The largest absolute Gasteiger partial charge is 0.870 e. The van der Waals surface area contributed by atoms with E-state index in [2.05, 4.69) is 56.8 Å². The highest BCUT2D eigenvalue weighted by Gasteiger charge is 2.41. The van der Waals surface area contributed by atoms with Crippen LogP contribution in [-0.2, 0) is 9.53 Å². The third kappa shape index (κ3) is 11.5. The average molecular weight is 487 g/mol. The van der Waals surface area contributed by atoms with Crippen LogP contribution in [0.4, 0.5) is 0 Å². The molecule has 0 spiro atoms. The van der Waals surface area contributed by atoms with Crippen LogP contribution in [0.25, 0.3) is 5.31 Å². The van der Waals surface area contributed by atoms with E-state index in [1.165, 1.54) is 74.0 Å². The maximum Gasteiger partial charge on any atom is 0.330 e. The standard InChI is InChI=1S/C30H47O3P/c1-5-9-23-34(24-10-6-2,25-11-7-3)29(27-19-15-14-16-20-27)26-28(31)21-17-12-13-18-22-30(32)33-8-4/h14-16,18-20,22H,5-13,17,21,23-25H2,1-4H3/b22-18+. The SMILES string of the molecule is CCCC[P+](CCCC)(CCCC)C(=C=C([O-])CCCC/C=C/C(=O)OCC)c1ccccc1. The summed E-state index contributed by atoms with van der Waals surface area (Å²) in [6.45, 7) is 9.00. The second-order valence-corrected chi connectivity index (χ2v) is 13.1. The number of unbranched alkanes of at least 4 members (excludes halogenated alkanes) is 5. The maximum absolute atomic E-state index is 13.1. The summed E-state index contributed by atoms with van der Waals surface area (Å²) in [6.07, 6.45) is 17.2. The molecule has 1 aromatic carbocycles. The second kappa shape index (κ2) is 18.5. The first-order valence-corrected chi connectivity index (χ1v) is 15.8. The van der Waals surface area contributed by atoms with Crippen molar-refractivity contribution in [3.05, 3.63) is 59.5 Å². The van der Waals surface area contributed by atoms with Crippen LogP contribution in [0.5, 0.6) is 0 Å². The Balaban J connectivity index is 3.18. The summed E-state index contributed by atoms with van der Waals surface area (Å²) in [5.74, 6) is -0.170. The lowest BCUT2D eigenvalue weighted by Gasteiger charge is -2.29. The zero-order chi connectivity index (χ0) is 25.1. The van der Waals surface area contributed by atoms with Gasteiger partial charge in [0.25, 0.3) is 0 Å². The lowest BCUT2D eigenvalue weighted by Crippen LogP contribution is -2.12. The van der Waals surface area contributed by atoms with Crippen molar-refractivity contribution in [1.82, 2.24) is 0 Å². The molecule has 0 fully saturated rings. The summed E-state index contributed by atoms with van der Waals surface area (Å²) in [5.41, 5.74) is 4.66. The van der Waals surface area contributed by atoms with Crippen molar-refractivity contribution in [3.8, 4) is 0 Å². The first-order chi connectivity index (χ1) is 16.5. The van der Waals surface area contributed by atoms with Crippen molar-refractivity contribution >= 4 is 18.5 Å². The van der Waals surface area contributed by atoms with Gasteiger partial charge in [-0.15, -0.1) is 0 Å². The van der Waals surface area contributed by atoms with E-state index in [-0.39, 0.29) is 11.7 Å². The fourth-order valence-electron chi connectivity index (χ4n) is 4.23. The molecule has 3 nitrogen and oxygen atoms in total. The second-order valence-electron chi connectivity index (χ2n) is 9.04. The Bertz CT molecular complexity index is 754. The number of ether oxygens (including phenoxy) is 1. The highest BCUT2D eigenvalue weighted by Crippen LogP contribution is 2.70. The van der Waals surface area contributed by atoms with Gasteiger partial charge in [0, 0.05) is 11.6 Å². The predicted octanol–water partition coefficient (Wildman–Crippen LogP) is 7.97. The van der Waals surface area contributed by atoms with Crippen molar-refractivity contribution in [2.75, 3.05) is 25.1 Å². The minimum absolute atomic E-state index is 0.127. The van der Waals surface area contributed by atoms with Crippen molar-refractivity contribution in [2.45, 2.75) is 91.9 Å². The average Bonchev–Trinajstić information content (AvgIpc) is 2.85. The molecule has 1 rings (SSSR count). The van der Waals surface area contributed by atoms with Crippen LogP contribution in [0.1, 0.15) is 97.5 Å². The lowest BCUT2D eigenvalue weighted by atomic mass is 10.1. The number of hydrogen-bond acceptors (Lipinski definition) is 3. The Labute approximate surface area is 209 Å². The fourth-order valence-corrected chi connectivity index (χ4v) is 9.39. The van der Waals surface area contributed by atoms with Gasteiger partial charge in [-0.3, -0.25) is 0 Å². The van der Waals surface area contributed by atoms with Gasteiger partial charge in [0.2, 0.25) is 0 Å². The highest BCUT2D eigenvalue weighted by molar-refractivity contribution is 7.85. The number of esters is 1. The van der Waals surface area contributed by atoms with E-state index in [0.717, 1.165) is 19.3 Å². The van der Waals surface area contributed by atoms with Crippen LogP contribution in [0.3, 0.4) is 0 Å². The van der Waals surface area contributed by atoms with Gasteiger partial charge in [0.1, 0.15) is 5.31 Å². The molecular formula is C30H47O3P. The maximum atomic E-state index is 13.1. The van der Waals surface area contributed by atoms with Crippen LogP contribution in [-0.4, -0.2) is 31.1 Å². The normalized spacial score (nSPS) is 11.4. The number of allylic oxidation sites excluding steroid dienone is 2. The van der Waals surface area contributed by atoms with Gasteiger partial charge in [-0.05, 0) is 51.9 Å². The van der Waals surface area contributed by atoms with Crippen molar-refractivity contribution < 1.29 is 14.6 Å². The van der Waals surface area contributed by atoms with E-state index >= 15 is 0 Å². The summed E-state index contributed by atoms with van der Waals surface area (Å²) >= 11 is 0. The Morgan fingerprint density at radius 1 is 0.912 bits per heavy atom. The third-order valence-corrected chi connectivity index (χ3v) is 11.0. The predicted molar refractivity (Wildman–Crippen MR) is 147 cm³/mol.